The van der Waals surface area contributed by atoms with Gasteiger partial charge in [0, 0.05) is 20.2 Å². The molecule has 5 nitrogen and oxygen atoms in total. The molecule has 0 N–H and O–H groups in total. The van der Waals surface area contributed by atoms with Gasteiger partial charge in [0.25, 0.3) is 0 Å². The van der Waals surface area contributed by atoms with Crippen molar-refractivity contribution >= 4 is 24.1 Å². The van der Waals surface area contributed by atoms with Crippen LogP contribution in [0.1, 0.15) is 46.5 Å². The molecule has 0 unspecified atom stereocenters. The molecule has 1 aliphatic heterocycles. The fourth-order valence-electron chi connectivity index (χ4n) is 3.29. The maximum Gasteiger partial charge on any atom is 0.307 e. The maximum absolute atomic E-state index is 13.1. The van der Waals surface area contributed by atoms with Gasteiger partial charge in [-0.15, -0.1) is 0 Å². The van der Waals surface area contributed by atoms with Crippen LogP contribution in [0.15, 0.2) is 0 Å². The van der Waals surface area contributed by atoms with Crippen LogP contribution in [-0.2, 0) is 19.6 Å². The van der Waals surface area contributed by atoms with Gasteiger partial charge in [0.2, 0.25) is 10.0 Å². The largest absolute Gasteiger partial charge is 0.466 e. The Bertz CT molecular complexity index is 513. The molecule has 0 bridgehead atoms. The summed E-state index contributed by atoms with van der Waals surface area (Å²) in [7, 11) is -4.80. The van der Waals surface area contributed by atoms with Crippen molar-refractivity contribution in [2.45, 2.75) is 84.2 Å². The molecule has 0 aliphatic carbocycles. The third-order valence-electron chi connectivity index (χ3n) is 4.63. The van der Waals surface area contributed by atoms with Gasteiger partial charge in [-0.25, -0.2) is 8.42 Å². The Balaban J connectivity index is 3.02. The Labute approximate surface area is 149 Å². The molecule has 1 saturated heterocycles. The number of ether oxygens (including phenoxy) is 1. The van der Waals surface area contributed by atoms with Gasteiger partial charge in [-0.2, -0.15) is 4.31 Å². The number of carbonyl (C=O) groups excluding carboxylic acids is 1. The average molecular weight is 378 g/mol. The van der Waals surface area contributed by atoms with E-state index in [4.69, 9.17) is 4.74 Å². The highest BCUT2D eigenvalue weighted by atomic mass is 32.2. The van der Waals surface area contributed by atoms with Gasteiger partial charge in [-0.3, -0.25) is 4.79 Å². The third-order valence-corrected chi connectivity index (χ3v) is 8.68. The first kappa shape index (κ1) is 21.6. The van der Waals surface area contributed by atoms with E-state index < -0.39 is 18.1 Å². The average Bonchev–Trinajstić information content (AvgIpc) is 2.44. The van der Waals surface area contributed by atoms with Gasteiger partial charge in [-0.1, -0.05) is 39.9 Å². The van der Waals surface area contributed by atoms with E-state index in [9.17, 15) is 13.2 Å². The molecule has 1 aliphatic rings. The predicted octanol–water partition coefficient (Wildman–Crippen LogP) is 3.49. The zero-order valence-electron chi connectivity index (χ0n) is 16.2. The van der Waals surface area contributed by atoms with E-state index in [0.717, 1.165) is 25.3 Å². The van der Waals surface area contributed by atoms with Crippen molar-refractivity contribution in [2.75, 3.05) is 12.4 Å². The van der Waals surface area contributed by atoms with Crippen molar-refractivity contribution in [3.63, 3.8) is 0 Å². The van der Waals surface area contributed by atoms with Crippen LogP contribution < -0.4 is 0 Å². The first-order valence-electron chi connectivity index (χ1n) is 9.14. The van der Waals surface area contributed by atoms with E-state index in [0.29, 0.717) is 6.61 Å². The van der Waals surface area contributed by atoms with Crippen molar-refractivity contribution < 1.29 is 17.9 Å². The Hall–Kier alpha value is -0.403. The summed E-state index contributed by atoms with van der Waals surface area (Å²) in [6.45, 7) is 12.8. The molecule has 7 heteroatoms. The smallest absolute Gasteiger partial charge is 0.307 e. The van der Waals surface area contributed by atoms with E-state index in [1.54, 1.807) is 11.2 Å². The Morgan fingerprint density at radius 2 is 1.88 bits per heavy atom. The maximum atomic E-state index is 13.1. The SMILES string of the molecule is CCOC(=O)C[C@H]1CCC[C@@H](C(C)C)N1S(=O)(=O)CC[Si](C)(C)C. The van der Waals surface area contributed by atoms with E-state index in [-0.39, 0.29) is 36.1 Å². The number of piperidine rings is 1. The minimum Gasteiger partial charge on any atom is -0.466 e. The number of hydrogen-bond donors (Lipinski definition) is 0. The number of carbonyl (C=O) groups is 1. The fourth-order valence-corrected chi connectivity index (χ4v) is 8.38. The van der Waals surface area contributed by atoms with E-state index in [1.807, 2.05) is 0 Å². The molecule has 1 rings (SSSR count). The number of esters is 1. The van der Waals surface area contributed by atoms with Crippen LogP contribution in [0.25, 0.3) is 0 Å². The molecule has 1 fully saturated rings. The topological polar surface area (TPSA) is 63.7 Å². The zero-order chi connectivity index (χ0) is 18.5. The molecule has 0 spiro atoms. The van der Waals surface area contributed by atoms with Crippen LogP contribution in [-0.4, -0.2) is 51.2 Å². The quantitative estimate of drug-likeness (QED) is 0.480. The van der Waals surface area contributed by atoms with Gasteiger partial charge in [-0.05, 0) is 31.7 Å². The highest BCUT2D eigenvalue weighted by Crippen LogP contribution is 2.33. The second kappa shape index (κ2) is 8.81. The minimum atomic E-state index is -3.36. The standard InChI is InChI=1S/C17H35NO4SSi/c1-7-22-17(19)13-15-9-8-10-16(14(2)3)18(15)23(20,21)11-12-24(4,5)6/h14-16H,7-13H2,1-6H3/t15-,16+/m1/s1. The van der Waals surface area contributed by atoms with E-state index in [2.05, 4.69) is 33.5 Å². The normalized spacial score (nSPS) is 23.5. The van der Waals surface area contributed by atoms with Gasteiger partial charge in [0.15, 0.2) is 0 Å². The van der Waals surface area contributed by atoms with Crippen LogP contribution in [0.2, 0.25) is 25.7 Å². The summed E-state index contributed by atoms with van der Waals surface area (Å²) in [4.78, 5) is 11.9. The number of sulfonamides is 1. The molecular weight excluding hydrogens is 342 g/mol. The van der Waals surface area contributed by atoms with Gasteiger partial charge in [0.05, 0.1) is 18.8 Å². The molecule has 0 radical (unpaired) electrons. The molecule has 142 valence electrons. The van der Waals surface area contributed by atoms with Crippen molar-refractivity contribution in [2.24, 2.45) is 5.92 Å². The molecule has 1 heterocycles. The highest BCUT2D eigenvalue weighted by molar-refractivity contribution is 7.89. The lowest BCUT2D eigenvalue weighted by atomic mass is 9.90. The molecule has 0 aromatic heterocycles. The summed E-state index contributed by atoms with van der Waals surface area (Å²) in [5.41, 5.74) is 0. The summed E-state index contributed by atoms with van der Waals surface area (Å²) in [6.07, 6.45) is 2.76. The lowest BCUT2D eigenvalue weighted by Gasteiger charge is -2.43. The lowest BCUT2D eigenvalue weighted by Crippen LogP contribution is -2.53. The van der Waals surface area contributed by atoms with Crippen LogP contribution >= 0.6 is 0 Å². The second-order valence-corrected chi connectivity index (χ2v) is 16.0. The molecule has 0 aromatic carbocycles. The van der Waals surface area contributed by atoms with Crippen molar-refractivity contribution in [3.8, 4) is 0 Å². The summed E-state index contributed by atoms with van der Waals surface area (Å²) in [6, 6.07) is 0.490. The number of nitrogens with zero attached hydrogens (tertiary/aromatic N) is 1. The molecule has 2 atom stereocenters. The third kappa shape index (κ3) is 6.48. The van der Waals surface area contributed by atoms with Crippen LogP contribution in [0, 0.1) is 5.92 Å². The summed E-state index contributed by atoms with van der Waals surface area (Å²) in [5.74, 6) is 0.152. The second-order valence-electron chi connectivity index (χ2n) is 8.36. The van der Waals surface area contributed by atoms with Crippen LogP contribution in [0.4, 0.5) is 0 Å². The Morgan fingerprint density at radius 3 is 2.38 bits per heavy atom. The van der Waals surface area contributed by atoms with Crippen molar-refractivity contribution in [1.29, 1.82) is 0 Å². The van der Waals surface area contributed by atoms with Gasteiger partial charge in [0.1, 0.15) is 0 Å². The molecule has 0 aromatic rings. The van der Waals surface area contributed by atoms with Gasteiger partial charge < -0.3 is 4.74 Å². The summed E-state index contributed by atoms with van der Waals surface area (Å²) in [5, 5.41) is 0. The highest BCUT2D eigenvalue weighted by Gasteiger charge is 2.41. The molecular formula is C17H35NO4SSi. The van der Waals surface area contributed by atoms with Crippen molar-refractivity contribution in [1.82, 2.24) is 4.31 Å². The fraction of sp³-hybridized carbons (Fsp3) is 0.941. The van der Waals surface area contributed by atoms with Crippen LogP contribution in [0.5, 0.6) is 0 Å². The van der Waals surface area contributed by atoms with Crippen LogP contribution in [0.3, 0.4) is 0 Å². The summed E-state index contributed by atoms with van der Waals surface area (Å²) < 4.78 is 32.9. The number of rotatable bonds is 8. The zero-order valence-corrected chi connectivity index (χ0v) is 18.0. The monoisotopic (exact) mass is 377 g/mol. The predicted molar refractivity (Wildman–Crippen MR) is 101 cm³/mol. The molecule has 0 saturated carbocycles. The van der Waals surface area contributed by atoms with Gasteiger partial charge >= 0.3 is 5.97 Å². The minimum absolute atomic E-state index is 0.00943. The van der Waals surface area contributed by atoms with E-state index >= 15 is 0 Å². The first-order valence-corrected chi connectivity index (χ1v) is 14.5. The summed E-state index contributed by atoms with van der Waals surface area (Å²) >= 11 is 0. The molecule has 24 heavy (non-hydrogen) atoms. The van der Waals surface area contributed by atoms with E-state index in [1.165, 1.54) is 0 Å². The first-order chi connectivity index (χ1) is 11.0. The lowest BCUT2D eigenvalue weighted by molar-refractivity contribution is -0.144. The Kier molecular flexibility index (Phi) is 7.94. The number of hydrogen-bond acceptors (Lipinski definition) is 4. The molecule has 0 amide bonds. The van der Waals surface area contributed by atoms with Crippen molar-refractivity contribution in [3.05, 3.63) is 0 Å². The Morgan fingerprint density at radius 1 is 1.25 bits per heavy atom.